The van der Waals surface area contributed by atoms with Gasteiger partial charge < -0.3 is 0 Å². The van der Waals surface area contributed by atoms with Gasteiger partial charge in [-0.05, 0) is 11.1 Å². The van der Waals surface area contributed by atoms with Gasteiger partial charge in [-0.3, -0.25) is 0 Å². The van der Waals surface area contributed by atoms with E-state index in [1.807, 2.05) is 23.5 Å². The van der Waals surface area contributed by atoms with Crippen LogP contribution in [0.2, 0.25) is 0 Å². The number of benzene rings is 1. The summed E-state index contributed by atoms with van der Waals surface area (Å²) in [7, 11) is 0. The summed E-state index contributed by atoms with van der Waals surface area (Å²) in [5, 5.41) is 0. The highest BCUT2D eigenvalue weighted by Gasteiger charge is 2.14. The Labute approximate surface area is 116 Å². The van der Waals surface area contributed by atoms with Gasteiger partial charge in [-0.15, -0.1) is 46.2 Å². The molecule has 0 amide bonds. The van der Waals surface area contributed by atoms with Crippen LogP contribution in [0.5, 0.6) is 0 Å². The average Bonchev–Trinajstić information content (AvgIpc) is 2.62. The zero-order valence-electron chi connectivity index (χ0n) is 8.26. The first-order valence-corrected chi connectivity index (χ1v) is 8.80. The Morgan fingerprint density at radius 3 is 1.88 bits per heavy atom. The van der Waals surface area contributed by atoms with Crippen LogP contribution in [0.4, 0.5) is 0 Å². The molecule has 2 aromatic rings. The Morgan fingerprint density at radius 2 is 1.38 bits per heavy atom. The standard InChI is InChI=1S/C11H8S5/c12-11-15-9-10(16-11)14-6-8-4-2-1-3-7(8)5-13-9/h1-4H,5-6H2. The molecule has 0 nitrogen and oxygen atoms in total. The maximum absolute atomic E-state index is 5.27. The quantitative estimate of drug-likeness (QED) is 0.595. The maximum Gasteiger partial charge on any atom is 0.145 e. The molecule has 0 saturated heterocycles. The fourth-order valence-corrected chi connectivity index (χ4v) is 7.73. The van der Waals surface area contributed by atoms with Crippen molar-refractivity contribution in [2.45, 2.75) is 19.9 Å². The van der Waals surface area contributed by atoms with Crippen molar-refractivity contribution in [2.24, 2.45) is 0 Å². The smallest absolute Gasteiger partial charge is 0.109 e. The molecule has 1 aliphatic rings. The SMILES string of the molecule is S=c1sc2c(s1)SCc1ccccc1CS2. The first kappa shape index (κ1) is 11.3. The highest BCUT2D eigenvalue weighted by atomic mass is 32.2. The molecular formula is C11H8S5. The van der Waals surface area contributed by atoms with Gasteiger partial charge in [-0.1, -0.05) is 36.5 Å². The molecule has 0 atom stereocenters. The van der Waals surface area contributed by atoms with Crippen molar-refractivity contribution in [1.82, 2.24) is 0 Å². The van der Waals surface area contributed by atoms with Crippen LogP contribution in [0.3, 0.4) is 0 Å². The highest BCUT2D eigenvalue weighted by molar-refractivity contribution is 8.04. The summed E-state index contributed by atoms with van der Waals surface area (Å²) < 4.78 is 3.87. The van der Waals surface area contributed by atoms with E-state index in [1.54, 1.807) is 22.7 Å². The van der Waals surface area contributed by atoms with E-state index in [0.717, 1.165) is 14.6 Å². The minimum atomic E-state index is 1.05. The lowest BCUT2D eigenvalue weighted by molar-refractivity contribution is 1.26. The zero-order valence-corrected chi connectivity index (χ0v) is 12.3. The lowest BCUT2D eigenvalue weighted by Crippen LogP contribution is -1.92. The van der Waals surface area contributed by atoms with Crippen LogP contribution in [0.25, 0.3) is 0 Å². The van der Waals surface area contributed by atoms with Crippen LogP contribution in [-0.4, -0.2) is 0 Å². The molecule has 0 fully saturated rings. The number of rotatable bonds is 0. The van der Waals surface area contributed by atoms with Crippen molar-refractivity contribution in [3.05, 3.63) is 38.5 Å². The first-order chi connectivity index (χ1) is 7.83. The second-order valence-electron chi connectivity index (χ2n) is 3.38. The number of fused-ring (bicyclic) bond motifs is 2. The minimum Gasteiger partial charge on any atom is -0.109 e. The van der Waals surface area contributed by atoms with Crippen molar-refractivity contribution < 1.29 is 0 Å². The summed E-state index contributed by atoms with van der Waals surface area (Å²) >= 11 is 12.6. The van der Waals surface area contributed by atoms with Crippen LogP contribution >= 0.6 is 58.4 Å². The van der Waals surface area contributed by atoms with Crippen molar-refractivity contribution in [1.29, 1.82) is 0 Å². The van der Waals surface area contributed by atoms with Gasteiger partial charge in [0.2, 0.25) is 0 Å². The van der Waals surface area contributed by atoms with Crippen LogP contribution in [-0.2, 0) is 11.5 Å². The molecule has 5 heteroatoms. The van der Waals surface area contributed by atoms with Gasteiger partial charge in [-0.25, -0.2) is 0 Å². The number of hydrogen-bond donors (Lipinski definition) is 0. The van der Waals surface area contributed by atoms with Crippen molar-refractivity contribution in [3.8, 4) is 0 Å². The fraction of sp³-hybridized carbons (Fsp3) is 0.182. The predicted octanol–water partition coefficient (Wildman–Crippen LogP) is 5.44. The number of thioether (sulfide) groups is 2. The third kappa shape index (κ3) is 2.24. The first-order valence-electron chi connectivity index (χ1n) is 4.79. The van der Waals surface area contributed by atoms with Gasteiger partial charge in [0, 0.05) is 11.5 Å². The highest BCUT2D eigenvalue weighted by Crippen LogP contribution is 2.45. The van der Waals surface area contributed by atoms with E-state index in [2.05, 4.69) is 24.3 Å². The molecular weight excluding hydrogens is 292 g/mol. The molecule has 0 bridgehead atoms. The lowest BCUT2D eigenvalue weighted by atomic mass is 10.1. The molecule has 0 radical (unpaired) electrons. The number of hydrogen-bond acceptors (Lipinski definition) is 5. The van der Waals surface area contributed by atoms with Crippen LogP contribution in [0, 0.1) is 3.14 Å². The Morgan fingerprint density at radius 1 is 0.875 bits per heavy atom. The van der Waals surface area contributed by atoms with Gasteiger partial charge >= 0.3 is 0 Å². The van der Waals surface area contributed by atoms with E-state index in [1.165, 1.54) is 19.5 Å². The molecule has 0 aliphatic carbocycles. The molecule has 82 valence electrons. The summed E-state index contributed by atoms with van der Waals surface area (Å²) in [5.74, 6) is 2.15. The van der Waals surface area contributed by atoms with Crippen LogP contribution in [0.15, 0.2) is 32.7 Å². The van der Waals surface area contributed by atoms with E-state index in [-0.39, 0.29) is 0 Å². The van der Waals surface area contributed by atoms with Gasteiger partial charge in [-0.2, -0.15) is 0 Å². The lowest BCUT2D eigenvalue weighted by Gasteiger charge is -2.12. The second kappa shape index (κ2) is 4.82. The molecule has 0 saturated carbocycles. The summed E-state index contributed by atoms with van der Waals surface area (Å²) in [6, 6.07) is 8.73. The molecule has 3 rings (SSSR count). The van der Waals surface area contributed by atoms with E-state index >= 15 is 0 Å². The van der Waals surface area contributed by atoms with Crippen LogP contribution < -0.4 is 0 Å². The van der Waals surface area contributed by atoms with Gasteiger partial charge in [0.1, 0.15) is 3.14 Å². The Bertz CT molecular complexity index is 518. The van der Waals surface area contributed by atoms with Gasteiger partial charge in [0.05, 0.1) is 8.42 Å². The molecule has 0 unspecified atom stereocenters. The average molecular weight is 301 g/mol. The molecule has 0 N–H and O–H groups in total. The van der Waals surface area contributed by atoms with Gasteiger partial charge in [0.15, 0.2) is 0 Å². The summed E-state index contributed by atoms with van der Waals surface area (Å²) in [6.45, 7) is 0. The van der Waals surface area contributed by atoms with E-state index in [0.29, 0.717) is 0 Å². The Kier molecular flexibility index (Phi) is 3.40. The third-order valence-corrected chi connectivity index (χ3v) is 8.03. The molecule has 0 spiro atoms. The molecule has 1 aromatic heterocycles. The molecule has 16 heavy (non-hydrogen) atoms. The fourth-order valence-electron chi connectivity index (χ4n) is 1.56. The minimum absolute atomic E-state index is 1.05. The molecule has 1 aromatic carbocycles. The topological polar surface area (TPSA) is 0 Å². The molecule has 2 heterocycles. The third-order valence-electron chi connectivity index (χ3n) is 2.35. The zero-order chi connectivity index (χ0) is 11.0. The Balaban J connectivity index is 1.99. The largest absolute Gasteiger partial charge is 0.145 e. The van der Waals surface area contributed by atoms with Gasteiger partial charge in [0.25, 0.3) is 0 Å². The monoisotopic (exact) mass is 300 g/mol. The maximum atomic E-state index is 5.27. The summed E-state index contributed by atoms with van der Waals surface area (Å²) in [5.41, 5.74) is 2.94. The van der Waals surface area contributed by atoms with E-state index in [9.17, 15) is 0 Å². The predicted molar refractivity (Wildman–Crippen MR) is 78.6 cm³/mol. The van der Waals surface area contributed by atoms with Crippen molar-refractivity contribution in [3.63, 3.8) is 0 Å². The van der Waals surface area contributed by atoms with Crippen molar-refractivity contribution in [2.75, 3.05) is 0 Å². The van der Waals surface area contributed by atoms with Crippen LogP contribution in [0.1, 0.15) is 11.1 Å². The van der Waals surface area contributed by atoms with E-state index in [4.69, 9.17) is 12.2 Å². The Hall–Kier alpha value is 0.190. The van der Waals surface area contributed by atoms with E-state index < -0.39 is 0 Å². The summed E-state index contributed by atoms with van der Waals surface area (Å²) in [6.07, 6.45) is 0. The molecule has 1 aliphatic heterocycles. The second-order valence-corrected chi connectivity index (χ2v) is 9.09. The normalized spacial score (nSPS) is 14.8. The van der Waals surface area contributed by atoms with Crippen molar-refractivity contribution >= 4 is 58.4 Å². The summed E-state index contributed by atoms with van der Waals surface area (Å²) in [4.78, 5) is 0.